The van der Waals surface area contributed by atoms with Gasteiger partial charge in [0.15, 0.2) is 0 Å². The first-order valence-electron chi connectivity index (χ1n) is 7.83. The standard InChI is InChI=1S/C20H19NO/c1-14-4-3-5-15(2)19(14)16-7-9-21-17(10-16)6-8-20-11-18(12-20)22-13-20/h3-5,7,9-10,18H,11-13H2,1-2H3. The fraction of sp³-hybridized carbons (Fsp3) is 0.350. The van der Waals surface area contributed by atoms with Crippen LogP contribution in [0.1, 0.15) is 29.7 Å². The van der Waals surface area contributed by atoms with Crippen molar-refractivity contribution in [1.29, 1.82) is 0 Å². The molecule has 0 N–H and O–H groups in total. The van der Waals surface area contributed by atoms with Crippen LogP contribution < -0.4 is 0 Å². The number of ether oxygens (including phenoxy) is 1. The minimum atomic E-state index is 0.112. The minimum Gasteiger partial charge on any atom is -0.377 e. The van der Waals surface area contributed by atoms with Crippen LogP contribution in [0, 0.1) is 31.1 Å². The summed E-state index contributed by atoms with van der Waals surface area (Å²) in [5.41, 5.74) is 6.02. The van der Waals surface area contributed by atoms with Gasteiger partial charge < -0.3 is 4.74 Å². The summed E-state index contributed by atoms with van der Waals surface area (Å²) in [6, 6.07) is 10.6. The van der Waals surface area contributed by atoms with Gasteiger partial charge in [-0.25, -0.2) is 4.98 Å². The molecule has 2 saturated heterocycles. The highest BCUT2D eigenvalue weighted by Crippen LogP contribution is 2.49. The summed E-state index contributed by atoms with van der Waals surface area (Å²) in [7, 11) is 0. The van der Waals surface area contributed by atoms with E-state index < -0.39 is 0 Å². The number of benzene rings is 1. The number of aryl methyl sites for hydroxylation is 2. The molecule has 0 radical (unpaired) electrons. The topological polar surface area (TPSA) is 22.1 Å². The second kappa shape index (κ2) is 4.97. The van der Waals surface area contributed by atoms with Crippen LogP contribution >= 0.6 is 0 Å². The van der Waals surface area contributed by atoms with Crippen LogP contribution in [0.3, 0.4) is 0 Å². The number of aromatic nitrogens is 1. The van der Waals surface area contributed by atoms with E-state index in [1.807, 2.05) is 6.20 Å². The normalized spacial score (nSPS) is 25.3. The van der Waals surface area contributed by atoms with Gasteiger partial charge >= 0.3 is 0 Å². The molecule has 1 aliphatic carbocycles. The molecular formula is C20H19NO. The quantitative estimate of drug-likeness (QED) is 0.743. The molecule has 22 heavy (non-hydrogen) atoms. The Morgan fingerprint density at radius 1 is 1.18 bits per heavy atom. The number of nitrogens with zero attached hydrogens (tertiary/aromatic N) is 1. The monoisotopic (exact) mass is 289 g/mol. The summed E-state index contributed by atoms with van der Waals surface area (Å²) >= 11 is 0. The Morgan fingerprint density at radius 3 is 2.64 bits per heavy atom. The zero-order chi connectivity index (χ0) is 15.2. The SMILES string of the molecule is Cc1cccc(C)c1-c1ccnc(C#CC23COC(C2)C3)c1. The third-order valence-corrected chi connectivity index (χ3v) is 4.82. The van der Waals surface area contributed by atoms with Crippen molar-refractivity contribution < 1.29 is 4.74 Å². The van der Waals surface area contributed by atoms with Gasteiger partial charge in [-0.3, -0.25) is 0 Å². The van der Waals surface area contributed by atoms with Gasteiger partial charge in [0, 0.05) is 6.20 Å². The summed E-state index contributed by atoms with van der Waals surface area (Å²) < 4.78 is 5.62. The summed E-state index contributed by atoms with van der Waals surface area (Å²) in [5.74, 6) is 6.68. The van der Waals surface area contributed by atoms with E-state index in [0.29, 0.717) is 6.10 Å². The number of rotatable bonds is 1. The van der Waals surface area contributed by atoms with Gasteiger partial charge in [-0.05, 0) is 67.0 Å². The molecule has 110 valence electrons. The van der Waals surface area contributed by atoms with Gasteiger partial charge in [0.25, 0.3) is 0 Å². The van der Waals surface area contributed by atoms with Crippen molar-refractivity contribution in [2.24, 2.45) is 5.41 Å². The Labute approximate surface area is 131 Å². The van der Waals surface area contributed by atoms with Crippen molar-refractivity contribution in [1.82, 2.24) is 4.98 Å². The lowest BCUT2D eigenvalue weighted by atomic mass is 9.71. The molecule has 0 unspecified atom stereocenters. The fourth-order valence-electron chi connectivity index (χ4n) is 3.58. The van der Waals surface area contributed by atoms with E-state index >= 15 is 0 Å². The zero-order valence-electron chi connectivity index (χ0n) is 13.0. The van der Waals surface area contributed by atoms with E-state index in [4.69, 9.17) is 4.74 Å². The Morgan fingerprint density at radius 2 is 1.95 bits per heavy atom. The average molecular weight is 289 g/mol. The van der Waals surface area contributed by atoms with Gasteiger partial charge in [0.2, 0.25) is 0 Å². The first kappa shape index (κ1) is 13.5. The molecule has 1 aromatic carbocycles. The molecule has 3 fully saturated rings. The van der Waals surface area contributed by atoms with Gasteiger partial charge in [0.05, 0.1) is 18.1 Å². The predicted molar refractivity (Wildman–Crippen MR) is 87.4 cm³/mol. The van der Waals surface area contributed by atoms with Crippen LogP contribution in [0.5, 0.6) is 0 Å². The van der Waals surface area contributed by atoms with Crippen molar-refractivity contribution in [2.45, 2.75) is 32.8 Å². The Kier molecular flexibility index (Phi) is 3.06. The van der Waals surface area contributed by atoms with E-state index in [1.54, 1.807) is 0 Å². The number of hydrogen-bond donors (Lipinski definition) is 0. The molecule has 3 aliphatic rings. The van der Waals surface area contributed by atoms with Crippen LogP contribution in [0.15, 0.2) is 36.5 Å². The molecule has 3 heterocycles. The van der Waals surface area contributed by atoms with Crippen LogP contribution in [-0.4, -0.2) is 17.7 Å². The van der Waals surface area contributed by atoms with Crippen LogP contribution in [0.4, 0.5) is 0 Å². The smallest absolute Gasteiger partial charge is 0.113 e. The molecule has 2 nitrogen and oxygen atoms in total. The second-order valence-electron chi connectivity index (χ2n) is 6.57. The summed E-state index contributed by atoms with van der Waals surface area (Å²) in [4.78, 5) is 4.42. The lowest BCUT2D eigenvalue weighted by molar-refractivity contribution is 0.121. The van der Waals surface area contributed by atoms with Crippen LogP contribution in [0.25, 0.3) is 11.1 Å². The molecule has 2 aliphatic heterocycles. The Hall–Kier alpha value is -2.11. The molecule has 1 aromatic heterocycles. The van der Waals surface area contributed by atoms with E-state index in [-0.39, 0.29) is 5.41 Å². The van der Waals surface area contributed by atoms with Crippen molar-refractivity contribution in [3.05, 3.63) is 53.3 Å². The first-order valence-corrected chi connectivity index (χ1v) is 7.83. The number of pyridine rings is 1. The number of hydrogen-bond acceptors (Lipinski definition) is 2. The molecule has 2 bridgehead atoms. The van der Waals surface area contributed by atoms with Crippen LogP contribution in [-0.2, 0) is 4.74 Å². The maximum atomic E-state index is 5.62. The molecule has 0 spiro atoms. The molecule has 0 atom stereocenters. The molecule has 2 heteroatoms. The van der Waals surface area contributed by atoms with E-state index in [9.17, 15) is 0 Å². The third-order valence-electron chi connectivity index (χ3n) is 4.82. The molecule has 2 aromatic rings. The summed E-state index contributed by atoms with van der Waals surface area (Å²) in [5, 5.41) is 0. The highest BCUT2D eigenvalue weighted by Gasteiger charge is 2.50. The highest BCUT2D eigenvalue weighted by atomic mass is 16.5. The molecular weight excluding hydrogens is 270 g/mol. The maximum Gasteiger partial charge on any atom is 0.113 e. The lowest BCUT2D eigenvalue weighted by Gasteiger charge is -2.29. The first-order chi connectivity index (χ1) is 10.7. The van der Waals surface area contributed by atoms with Gasteiger partial charge in [-0.15, -0.1) is 0 Å². The highest BCUT2D eigenvalue weighted by molar-refractivity contribution is 5.71. The molecule has 5 rings (SSSR count). The summed E-state index contributed by atoms with van der Waals surface area (Å²) in [6.07, 6.45) is 4.51. The van der Waals surface area contributed by atoms with Gasteiger partial charge in [-0.2, -0.15) is 0 Å². The maximum absolute atomic E-state index is 5.62. The fourth-order valence-corrected chi connectivity index (χ4v) is 3.58. The summed E-state index contributed by atoms with van der Waals surface area (Å²) in [6.45, 7) is 5.09. The minimum absolute atomic E-state index is 0.112. The lowest BCUT2D eigenvalue weighted by Crippen LogP contribution is -2.31. The van der Waals surface area contributed by atoms with Gasteiger partial charge in [0.1, 0.15) is 5.69 Å². The van der Waals surface area contributed by atoms with Crippen molar-refractivity contribution >= 4 is 0 Å². The molecule has 1 saturated carbocycles. The predicted octanol–water partition coefficient (Wildman–Crippen LogP) is 3.90. The zero-order valence-corrected chi connectivity index (χ0v) is 13.0. The Bertz CT molecular complexity index is 765. The van der Waals surface area contributed by atoms with E-state index in [0.717, 1.165) is 25.1 Å². The van der Waals surface area contributed by atoms with E-state index in [1.165, 1.54) is 22.3 Å². The third kappa shape index (κ3) is 2.23. The van der Waals surface area contributed by atoms with E-state index in [2.05, 4.69) is 61.0 Å². The number of fused-ring (bicyclic) bond motifs is 1. The van der Waals surface area contributed by atoms with Crippen LogP contribution in [0.2, 0.25) is 0 Å². The van der Waals surface area contributed by atoms with Crippen molar-refractivity contribution in [3.63, 3.8) is 0 Å². The second-order valence-corrected chi connectivity index (χ2v) is 6.57. The van der Waals surface area contributed by atoms with Crippen molar-refractivity contribution in [2.75, 3.05) is 6.61 Å². The van der Waals surface area contributed by atoms with Crippen molar-refractivity contribution in [3.8, 4) is 23.0 Å². The Balaban J connectivity index is 1.68. The van der Waals surface area contributed by atoms with Gasteiger partial charge in [-0.1, -0.05) is 24.1 Å². The molecule has 0 amide bonds. The average Bonchev–Trinajstić information content (AvgIpc) is 3.06. The largest absolute Gasteiger partial charge is 0.377 e.